The maximum absolute atomic E-state index is 4.25. The molecule has 5 nitrogen and oxygen atoms in total. The molecule has 3 rings (SSSR count). The lowest BCUT2D eigenvalue weighted by atomic mass is 10.2. The van der Waals surface area contributed by atoms with Crippen LogP contribution in [0.2, 0.25) is 0 Å². The Kier molecular flexibility index (Phi) is 3.83. The van der Waals surface area contributed by atoms with Crippen molar-refractivity contribution in [2.24, 2.45) is 0 Å². The second kappa shape index (κ2) is 5.93. The molecule has 2 aromatic heterocycles. The highest BCUT2D eigenvalue weighted by atomic mass is 15.4. The molecule has 0 aliphatic carbocycles. The van der Waals surface area contributed by atoms with E-state index in [1.807, 2.05) is 16.9 Å². The van der Waals surface area contributed by atoms with Gasteiger partial charge in [0.2, 0.25) is 0 Å². The van der Waals surface area contributed by atoms with Crippen LogP contribution in [0.5, 0.6) is 0 Å². The van der Waals surface area contributed by atoms with Gasteiger partial charge in [0.25, 0.3) is 0 Å². The van der Waals surface area contributed by atoms with Crippen LogP contribution in [-0.2, 0) is 19.5 Å². The standard InChI is InChI=1S/C14H19N5/c1-2-8-18(7-1)11-14-12-19(17-16-14)9-5-13-4-3-6-15-10-13/h3-4,6,10,12H,1-2,5,7-9,11H2. The molecule has 0 amide bonds. The number of aryl methyl sites for hydroxylation is 2. The minimum Gasteiger partial charge on any atom is -0.297 e. The van der Waals surface area contributed by atoms with E-state index in [2.05, 4.69) is 32.5 Å². The van der Waals surface area contributed by atoms with Crippen molar-refractivity contribution >= 4 is 0 Å². The maximum Gasteiger partial charge on any atom is 0.0967 e. The Balaban J connectivity index is 1.53. The highest BCUT2D eigenvalue weighted by Gasteiger charge is 2.13. The minimum absolute atomic E-state index is 0.860. The molecule has 0 spiro atoms. The minimum atomic E-state index is 0.860. The topological polar surface area (TPSA) is 46.8 Å². The first-order valence-corrected chi connectivity index (χ1v) is 6.90. The van der Waals surface area contributed by atoms with Gasteiger partial charge in [-0.15, -0.1) is 5.10 Å². The van der Waals surface area contributed by atoms with Crippen LogP contribution in [0.3, 0.4) is 0 Å². The quantitative estimate of drug-likeness (QED) is 0.814. The molecule has 0 radical (unpaired) electrons. The van der Waals surface area contributed by atoms with Gasteiger partial charge in [-0.25, -0.2) is 0 Å². The van der Waals surface area contributed by atoms with Crippen molar-refractivity contribution in [3.63, 3.8) is 0 Å². The van der Waals surface area contributed by atoms with E-state index < -0.39 is 0 Å². The van der Waals surface area contributed by atoms with E-state index >= 15 is 0 Å². The number of hydrogen-bond acceptors (Lipinski definition) is 4. The summed E-state index contributed by atoms with van der Waals surface area (Å²) in [6.07, 6.45) is 9.34. The molecule has 1 fully saturated rings. The molecule has 1 aliphatic heterocycles. The summed E-state index contributed by atoms with van der Waals surface area (Å²) < 4.78 is 1.93. The van der Waals surface area contributed by atoms with Gasteiger partial charge in [-0.1, -0.05) is 11.3 Å². The second-order valence-corrected chi connectivity index (χ2v) is 5.07. The van der Waals surface area contributed by atoms with Gasteiger partial charge in [0.05, 0.1) is 5.69 Å². The van der Waals surface area contributed by atoms with Crippen LogP contribution in [0.25, 0.3) is 0 Å². The van der Waals surface area contributed by atoms with Crippen molar-refractivity contribution in [3.05, 3.63) is 42.0 Å². The first-order valence-electron chi connectivity index (χ1n) is 6.90. The van der Waals surface area contributed by atoms with E-state index in [1.165, 1.54) is 31.5 Å². The monoisotopic (exact) mass is 257 g/mol. The third-order valence-electron chi connectivity index (χ3n) is 3.52. The van der Waals surface area contributed by atoms with Gasteiger partial charge >= 0.3 is 0 Å². The SMILES string of the molecule is c1cncc(CCn2cc(CN3CCCC3)nn2)c1. The Labute approximate surface area is 113 Å². The average molecular weight is 257 g/mol. The zero-order valence-corrected chi connectivity index (χ0v) is 11.1. The number of aromatic nitrogens is 4. The Hall–Kier alpha value is -1.75. The lowest BCUT2D eigenvalue weighted by molar-refractivity contribution is 0.327. The molecule has 0 aromatic carbocycles. The molecule has 3 heterocycles. The Morgan fingerprint density at radius 3 is 2.89 bits per heavy atom. The predicted molar refractivity (Wildman–Crippen MR) is 72.5 cm³/mol. The van der Waals surface area contributed by atoms with E-state index in [0.29, 0.717) is 0 Å². The van der Waals surface area contributed by atoms with E-state index in [4.69, 9.17) is 0 Å². The molecule has 0 saturated carbocycles. The van der Waals surface area contributed by atoms with Gasteiger partial charge in [0.15, 0.2) is 0 Å². The maximum atomic E-state index is 4.25. The molecule has 0 N–H and O–H groups in total. The number of nitrogens with zero attached hydrogens (tertiary/aromatic N) is 5. The van der Waals surface area contributed by atoms with Crippen LogP contribution in [0.1, 0.15) is 24.1 Å². The summed E-state index contributed by atoms with van der Waals surface area (Å²) in [6.45, 7) is 4.19. The predicted octanol–water partition coefficient (Wildman–Crippen LogP) is 1.51. The van der Waals surface area contributed by atoms with E-state index in [1.54, 1.807) is 6.20 Å². The third-order valence-corrected chi connectivity index (χ3v) is 3.52. The van der Waals surface area contributed by atoms with Gasteiger partial charge < -0.3 is 0 Å². The summed E-state index contributed by atoms with van der Waals surface area (Å²) in [5.74, 6) is 0. The third kappa shape index (κ3) is 3.38. The number of hydrogen-bond donors (Lipinski definition) is 0. The average Bonchev–Trinajstić information content (AvgIpc) is 3.10. The zero-order valence-electron chi connectivity index (χ0n) is 11.1. The molecule has 0 atom stereocenters. The number of rotatable bonds is 5. The van der Waals surface area contributed by atoms with Crippen LogP contribution in [-0.4, -0.2) is 38.0 Å². The fraction of sp³-hybridized carbons (Fsp3) is 0.500. The van der Waals surface area contributed by atoms with E-state index in [-0.39, 0.29) is 0 Å². The van der Waals surface area contributed by atoms with Crippen molar-refractivity contribution in [1.29, 1.82) is 0 Å². The lowest BCUT2D eigenvalue weighted by Gasteiger charge is -2.11. The van der Waals surface area contributed by atoms with Gasteiger partial charge in [-0.3, -0.25) is 14.6 Å². The fourth-order valence-corrected chi connectivity index (χ4v) is 2.48. The van der Waals surface area contributed by atoms with E-state index in [0.717, 1.165) is 25.2 Å². The Bertz CT molecular complexity index is 502. The molecule has 19 heavy (non-hydrogen) atoms. The lowest BCUT2D eigenvalue weighted by Crippen LogP contribution is -2.18. The largest absolute Gasteiger partial charge is 0.297 e. The first-order chi connectivity index (χ1) is 9.40. The molecule has 0 bridgehead atoms. The van der Waals surface area contributed by atoms with Crippen molar-refractivity contribution in [3.8, 4) is 0 Å². The molecule has 2 aromatic rings. The Morgan fingerprint density at radius 2 is 2.11 bits per heavy atom. The van der Waals surface area contributed by atoms with Gasteiger partial charge in [-0.2, -0.15) is 0 Å². The van der Waals surface area contributed by atoms with Crippen molar-refractivity contribution < 1.29 is 0 Å². The molecule has 100 valence electrons. The van der Waals surface area contributed by atoms with Gasteiger partial charge in [-0.05, 0) is 44.0 Å². The highest BCUT2D eigenvalue weighted by Crippen LogP contribution is 2.10. The molecule has 0 unspecified atom stereocenters. The zero-order chi connectivity index (χ0) is 12.9. The summed E-state index contributed by atoms with van der Waals surface area (Å²) in [4.78, 5) is 6.56. The Morgan fingerprint density at radius 1 is 1.21 bits per heavy atom. The fourth-order valence-electron chi connectivity index (χ4n) is 2.48. The molecule has 1 saturated heterocycles. The molecular weight excluding hydrogens is 238 g/mol. The summed E-state index contributed by atoms with van der Waals surface area (Å²) in [6, 6.07) is 4.06. The number of pyridine rings is 1. The highest BCUT2D eigenvalue weighted by molar-refractivity contribution is 5.08. The van der Waals surface area contributed by atoms with Crippen molar-refractivity contribution in [2.75, 3.05) is 13.1 Å². The smallest absolute Gasteiger partial charge is 0.0967 e. The molecule has 5 heteroatoms. The summed E-state index contributed by atoms with van der Waals surface area (Å²) in [5, 5.41) is 8.44. The summed E-state index contributed by atoms with van der Waals surface area (Å²) >= 11 is 0. The van der Waals surface area contributed by atoms with Gasteiger partial charge in [0.1, 0.15) is 0 Å². The van der Waals surface area contributed by atoms with Crippen molar-refractivity contribution in [1.82, 2.24) is 24.9 Å². The van der Waals surface area contributed by atoms with Crippen LogP contribution >= 0.6 is 0 Å². The summed E-state index contributed by atoms with van der Waals surface area (Å²) in [5.41, 5.74) is 2.31. The summed E-state index contributed by atoms with van der Waals surface area (Å²) in [7, 11) is 0. The van der Waals surface area contributed by atoms with E-state index in [9.17, 15) is 0 Å². The number of likely N-dealkylation sites (tertiary alicyclic amines) is 1. The first kappa shape index (κ1) is 12.3. The molecule has 1 aliphatic rings. The molecular formula is C14H19N5. The van der Waals surface area contributed by atoms with Crippen LogP contribution in [0, 0.1) is 0 Å². The van der Waals surface area contributed by atoms with Crippen LogP contribution in [0.15, 0.2) is 30.7 Å². The second-order valence-electron chi connectivity index (χ2n) is 5.07. The van der Waals surface area contributed by atoms with Crippen molar-refractivity contribution in [2.45, 2.75) is 32.4 Å². The van der Waals surface area contributed by atoms with Crippen LogP contribution < -0.4 is 0 Å². The normalized spacial score (nSPS) is 16.0. The van der Waals surface area contributed by atoms with Crippen LogP contribution in [0.4, 0.5) is 0 Å². The van der Waals surface area contributed by atoms with Gasteiger partial charge in [0, 0.05) is 31.7 Å².